The number of nitrogens with zero attached hydrogens (tertiary/aromatic N) is 2. The van der Waals surface area contributed by atoms with Crippen molar-refractivity contribution < 1.29 is 4.79 Å². The molecule has 3 N–H and O–H groups in total. The van der Waals surface area contributed by atoms with Crippen LogP contribution in [0.25, 0.3) is 0 Å². The van der Waals surface area contributed by atoms with Gasteiger partial charge in [-0.1, -0.05) is 0 Å². The SMILES string of the molecule is Cc1cnc(Cl)nc1NC(C)C(N)=O. The van der Waals surface area contributed by atoms with Gasteiger partial charge in [0.05, 0.1) is 0 Å². The Morgan fingerprint density at radius 2 is 2.36 bits per heavy atom. The molecule has 0 aromatic carbocycles. The molecule has 1 unspecified atom stereocenters. The summed E-state index contributed by atoms with van der Waals surface area (Å²) in [7, 11) is 0. The molecule has 0 spiro atoms. The fourth-order valence-corrected chi connectivity index (χ4v) is 0.976. The summed E-state index contributed by atoms with van der Waals surface area (Å²) in [5, 5.41) is 2.97. The van der Waals surface area contributed by atoms with Gasteiger partial charge in [0.25, 0.3) is 0 Å². The first-order valence-corrected chi connectivity index (χ1v) is 4.43. The highest BCUT2D eigenvalue weighted by Crippen LogP contribution is 2.13. The van der Waals surface area contributed by atoms with Gasteiger partial charge in [-0.15, -0.1) is 0 Å². The van der Waals surface area contributed by atoms with Crippen LogP contribution in [-0.2, 0) is 4.79 Å². The van der Waals surface area contributed by atoms with Gasteiger partial charge >= 0.3 is 0 Å². The molecular formula is C8H11ClN4O. The molecule has 0 bridgehead atoms. The van der Waals surface area contributed by atoms with Gasteiger partial charge in [-0.25, -0.2) is 9.97 Å². The maximum absolute atomic E-state index is 10.8. The van der Waals surface area contributed by atoms with Gasteiger partial charge in [-0.3, -0.25) is 4.79 Å². The van der Waals surface area contributed by atoms with Gasteiger partial charge in [0.15, 0.2) is 0 Å². The second-order valence-corrected chi connectivity index (χ2v) is 3.28. The van der Waals surface area contributed by atoms with Crippen LogP contribution in [0.3, 0.4) is 0 Å². The lowest BCUT2D eigenvalue weighted by atomic mass is 10.3. The number of carbonyl (C=O) groups excluding carboxylic acids is 1. The molecule has 1 atom stereocenters. The first-order valence-electron chi connectivity index (χ1n) is 4.05. The largest absolute Gasteiger partial charge is 0.368 e. The maximum Gasteiger partial charge on any atom is 0.239 e. The summed E-state index contributed by atoms with van der Waals surface area (Å²) in [6, 6.07) is -0.486. The summed E-state index contributed by atoms with van der Waals surface area (Å²) in [6.07, 6.45) is 1.57. The third-order valence-corrected chi connectivity index (χ3v) is 1.90. The van der Waals surface area contributed by atoms with Gasteiger partial charge in [0.1, 0.15) is 11.9 Å². The van der Waals surface area contributed by atoms with E-state index < -0.39 is 11.9 Å². The molecule has 0 aliphatic heterocycles. The minimum atomic E-state index is -0.486. The highest BCUT2D eigenvalue weighted by molar-refractivity contribution is 6.28. The number of aromatic nitrogens is 2. The number of halogens is 1. The molecule has 0 aliphatic carbocycles. The standard InChI is InChI=1S/C8H11ClN4O/c1-4-3-11-8(9)13-7(4)12-5(2)6(10)14/h3,5H,1-2H3,(H2,10,14)(H,11,12,13). The van der Waals surface area contributed by atoms with Gasteiger partial charge in [0, 0.05) is 11.8 Å². The van der Waals surface area contributed by atoms with Crippen molar-refractivity contribution in [1.82, 2.24) is 9.97 Å². The zero-order valence-electron chi connectivity index (χ0n) is 7.91. The third-order valence-electron chi connectivity index (χ3n) is 1.72. The van der Waals surface area contributed by atoms with Gasteiger partial charge < -0.3 is 11.1 Å². The van der Waals surface area contributed by atoms with E-state index in [9.17, 15) is 4.79 Å². The lowest BCUT2D eigenvalue weighted by molar-refractivity contribution is -0.118. The van der Waals surface area contributed by atoms with Crippen molar-refractivity contribution in [2.45, 2.75) is 19.9 Å². The second kappa shape index (κ2) is 4.23. The number of aryl methyl sites for hydroxylation is 1. The Bertz CT molecular complexity index is 355. The van der Waals surface area contributed by atoms with Crippen LogP contribution in [0.5, 0.6) is 0 Å². The van der Waals surface area contributed by atoms with E-state index >= 15 is 0 Å². The van der Waals surface area contributed by atoms with Crippen molar-refractivity contribution in [3.63, 3.8) is 0 Å². The Morgan fingerprint density at radius 1 is 1.71 bits per heavy atom. The third kappa shape index (κ3) is 2.56. The van der Waals surface area contributed by atoms with Crippen LogP contribution in [0.4, 0.5) is 5.82 Å². The molecule has 1 amide bonds. The molecule has 0 saturated heterocycles. The molecule has 1 rings (SSSR count). The molecule has 76 valence electrons. The normalized spacial score (nSPS) is 12.2. The monoisotopic (exact) mass is 214 g/mol. The van der Waals surface area contributed by atoms with E-state index in [-0.39, 0.29) is 5.28 Å². The van der Waals surface area contributed by atoms with Crippen molar-refractivity contribution in [2.24, 2.45) is 5.73 Å². The van der Waals surface area contributed by atoms with Crippen LogP contribution in [0.15, 0.2) is 6.20 Å². The first-order chi connectivity index (χ1) is 6.50. The molecule has 1 heterocycles. The van der Waals surface area contributed by atoms with Crippen LogP contribution in [0.2, 0.25) is 5.28 Å². The van der Waals surface area contributed by atoms with E-state index in [0.29, 0.717) is 5.82 Å². The number of carbonyl (C=O) groups is 1. The number of amides is 1. The van der Waals surface area contributed by atoms with E-state index in [4.69, 9.17) is 17.3 Å². The van der Waals surface area contributed by atoms with Crippen LogP contribution in [0.1, 0.15) is 12.5 Å². The summed E-state index contributed by atoms with van der Waals surface area (Å²) in [5.74, 6) is 0.0791. The number of primary amides is 1. The highest BCUT2D eigenvalue weighted by Gasteiger charge is 2.10. The molecule has 1 aromatic rings. The van der Waals surface area contributed by atoms with Crippen molar-refractivity contribution in [2.75, 3.05) is 5.32 Å². The van der Waals surface area contributed by atoms with Crippen molar-refractivity contribution in [1.29, 1.82) is 0 Å². The van der Waals surface area contributed by atoms with E-state index in [1.165, 1.54) is 0 Å². The Labute approximate surface area is 86.7 Å². The molecule has 0 saturated carbocycles. The van der Waals surface area contributed by atoms with Crippen LogP contribution >= 0.6 is 11.6 Å². The van der Waals surface area contributed by atoms with E-state index in [0.717, 1.165) is 5.56 Å². The smallest absolute Gasteiger partial charge is 0.239 e. The Hall–Kier alpha value is -1.36. The predicted octanol–water partition coefficient (Wildman–Crippen LogP) is 0.724. The highest BCUT2D eigenvalue weighted by atomic mass is 35.5. The van der Waals surface area contributed by atoms with Gasteiger partial charge in [0.2, 0.25) is 11.2 Å². The average molecular weight is 215 g/mol. The lowest BCUT2D eigenvalue weighted by Gasteiger charge is -2.12. The van der Waals surface area contributed by atoms with Crippen molar-refractivity contribution >= 4 is 23.3 Å². The summed E-state index contributed by atoms with van der Waals surface area (Å²) in [6.45, 7) is 3.46. The lowest BCUT2D eigenvalue weighted by Crippen LogP contribution is -2.33. The number of nitrogens with one attached hydrogen (secondary N) is 1. The molecule has 1 aromatic heterocycles. The molecule has 0 radical (unpaired) electrons. The number of hydrogen-bond donors (Lipinski definition) is 2. The van der Waals surface area contributed by atoms with E-state index in [2.05, 4.69) is 15.3 Å². The zero-order valence-corrected chi connectivity index (χ0v) is 8.67. The van der Waals surface area contributed by atoms with Gasteiger partial charge in [-0.2, -0.15) is 0 Å². The maximum atomic E-state index is 10.8. The van der Waals surface area contributed by atoms with Crippen LogP contribution < -0.4 is 11.1 Å². The predicted molar refractivity (Wildman–Crippen MR) is 54.1 cm³/mol. The average Bonchev–Trinajstić information content (AvgIpc) is 2.11. The van der Waals surface area contributed by atoms with Gasteiger partial charge in [-0.05, 0) is 25.4 Å². The fraction of sp³-hybridized carbons (Fsp3) is 0.375. The Balaban J connectivity index is 2.85. The summed E-state index contributed by atoms with van der Waals surface area (Å²) < 4.78 is 0. The first kappa shape index (κ1) is 10.7. The second-order valence-electron chi connectivity index (χ2n) is 2.94. The Morgan fingerprint density at radius 3 is 2.93 bits per heavy atom. The number of nitrogens with two attached hydrogens (primary N) is 1. The fourth-order valence-electron chi connectivity index (χ4n) is 0.843. The van der Waals surface area contributed by atoms with E-state index in [1.54, 1.807) is 13.1 Å². The topological polar surface area (TPSA) is 80.9 Å². The van der Waals surface area contributed by atoms with Crippen molar-refractivity contribution in [3.05, 3.63) is 17.0 Å². The summed E-state index contributed by atoms with van der Waals surface area (Å²) >= 11 is 5.60. The Kier molecular flexibility index (Phi) is 3.24. The van der Waals surface area contributed by atoms with Crippen LogP contribution in [0, 0.1) is 6.92 Å². The quantitative estimate of drug-likeness (QED) is 0.727. The minimum absolute atomic E-state index is 0.134. The molecule has 14 heavy (non-hydrogen) atoms. The zero-order chi connectivity index (χ0) is 10.7. The molecule has 0 aliphatic rings. The van der Waals surface area contributed by atoms with Crippen molar-refractivity contribution in [3.8, 4) is 0 Å². The van der Waals surface area contributed by atoms with E-state index in [1.807, 2.05) is 6.92 Å². The molecular weight excluding hydrogens is 204 g/mol. The minimum Gasteiger partial charge on any atom is -0.368 e. The van der Waals surface area contributed by atoms with Crippen LogP contribution in [-0.4, -0.2) is 21.9 Å². The molecule has 6 heteroatoms. The molecule has 0 fully saturated rings. The number of anilines is 1. The number of hydrogen-bond acceptors (Lipinski definition) is 4. The molecule has 5 nitrogen and oxygen atoms in total. The summed E-state index contributed by atoms with van der Waals surface area (Å²) in [5.41, 5.74) is 5.90. The summed E-state index contributed by atoms with van der Waals surface area (Å²) in [4.78, 5) is 18.5. The number of rotatable bonds is 3.